The van der Waals surface area contributed by atoms with E-state index in [9.17, 15) is 14.4 Å². The third kappa shape index (κ3) is 10.6. The van der Waals surface area contributed by atoms with Gasteiger partial charge in [0.1, 0.15) is 17.2 Å². The number of carbonyl (C=O) groups is 3. The van der Waals surface area contributed by atoms with Crippen molar-refractivity contribution in [3.8, 4) is 0 Å². The maximum absolute atomic E-state index is 12.0. The molecular formula is C14H25N2O5. The van der Waals surface area contributed by atoms with Crippen LogP contribution in [-0.4, -0.2) is 35.2 Å². The summed E-state index contributed by atoms with van der Waals surface area (Å²) in [4.78, 5) is 34.5. The molecule has 0 aromatic carbocycles. The van der Waals surface area contributed by atoms with Crippen LogP contribution in [0.5, 0.6) is 0 Å². The highest BCUT2D eigenvalue weighted by Gasteiger charge is 2.28. The smallest absolute Gasteiger partial charge is 0.408 e. The Morgan fingerprint density at radius 2 is 1.48 bits per heavy atom. The second-order valence-electron chi connectivity index (χ2n) is 6.69. The zero-order valence-corrected chi connectivity index (χ0v) is 13.5. The van der Waals surface area contributed by atoms with Gasteiger partial charge in [0.05, 0.1) is 0 Å². The molecule has 0 aliphatic rings. The number of amides is 2. The van der Waals surface area contributed by atoms with E-state index >= 15 is 0 Å². The molecule has 21 heavy (non-hydrogen) atoms. The van der Waals surface area contributed by atoms with E-state index in [-0.39, 0.29) is 12.8 Å². The van der Waals surface area contributed by atoms with Gasteiger partial charge in [-0.25, -0.2) is 9.59 Å². The van der Waals surface area contributed by atoms with E-state index in [0.717, 1.165) is 0 Å². The Hall–Kier alpha value is -1.79. The molecule has 2 amide bonds. The Morgan fingerprint density at radius 1 is 1.00 bits per heavy atom. The van der Waals surface area contributed by atoms with Crippen LogP contribution in [0.1, 0.15) is 54.4 Å². The summed E-state index contributed by atoms with van der Waals surface area (Å²) in [6.45, 7) is 10.2. The van der Waals surface area contributed by atoms with Gasteiger partial charge < -0.3 is 14.8 Å². The lowest BCUT2D eigenvalue weighted by atomic mass is 10.1. The highest BCUT2D eigenvalue weighted by atomic mass is 16.6. The van der Waals surface area contributed by atoms with Crippen molar-refractivity contribution in [3.05, 3.63) is 0 Å². The lowest BCUT2D eigenvalue weighted by Gasteiger charge is -2.26. The van der Waals surface area contributed by atoms with Gasteiger partial charge in [0.25, 0.3) is 0 Å². The van der Waals surface area contributed by atoms with Crippen molar-refractivity contribution in [2.75, 3.05) is 0 Å². The van der Waals surface area contributed by atoms with Crippen LogP contribution in [0, 0.1) is 0 Å². The Morgan fingerprint density at radius 3 is 1.86 bits per heavy atom. The molecule has 0 fully saturated rings. The number of hydrogen-bond donors (Lipinski definition) is 1. The van der Waals surface area contributed by atoms with E-state index in [1.807, 2.05) is 0 Å². The quantitative estimate of drug-likeness (QED) is 0.779. The van der Waals surface area contributed by atoms with E-state index in [1.54, 1.807) is 41.5 Å². The van der Waals surface area contributed by atoms with Crippen LogP contribution in [0.3, 0.4) is 0 Å². The van der Waals surface area contributed by atoms with Crippen LogP contribution in [-0.2, 0) is 19.1 Å². The average Bonchev–Trinajstić information content (AvgIpc) is 2.18. The van der Waals surface area contributed by atoms with E-state index in [1.165, 1.54) is 0 Å². The van der Waals surface area contributed by atoms with Crippen molar-refractivity contribution in [3.63, 3.8) is 0 Å². The first-order chi connectivity index (χ1) is 9.30. The predicted molar refractivity (Wildman–Crippen MR) is 76.3 cm³/mol. The normalized spacial score (nSPS) is 13.2. The first-order valence-corrected chi connectivity index (χ1v) is 6.77. The number of ether oxygens (including phenoxy) is 2. The van der Waals surface area contributed by atoms with Crippen molar-refractivity contribution < 1.29 is 23.9 Å². The van der Waals surface area contributed by atoms with Crippen molar-refractivity contribution in [1.82, 2.24) is 11.1 Å². The minimum Gasteiger partial charge on any atom is -0.458 e. The molecule has 1 atom stereocenters. The first-order valence-electron chi connectivity index (χ1n) is 6.77. The molecule has 121 valence electrons. The third-order valence-electron chi connectivity index (χ3n) is 2.04. The van der Waals surface area contributed by atoms with Crippen LogP contribution in [0.4, 0.5) is 4.79 Å². The Kier molecular flexibility index (Phi) is 6.66. The molecule has 0 heterocycles. The summed E-state index contributed by atoms with van der Waals surface area (Å²) in [7, 11) is 0. The molecule has 0 aliphatic carbocycles. The minimum absolute atomic E-state index is 0.00348. The molecule has 7 heteroatoms. The molecule has 2 N–H and O–H groups in total. The van der Waals surface area contributed by atoms with Gasteiger partial charge in [-0.05, 0) is 48.0 Å². The van der Waals surface area contributed by atoms with Crippen LogP contribution < -0.4 is 11.1 Å². The Labute approximate surface area is 125 Å². The molecule has 1 radical (unpaired) electrons. The zero-order valence-electron chi connectivity index (χ0n) is 13.5. The molecule has 0 saturated heterocycles. The molecule has 0 aliphatic heterocycles. The predicted octanol–water partition coefficient (Wildman–Crippen LogP) is 1.81. The summed E-state index contributed by atoms with van der Waals surface area (Å²) in [6, 6.07) is -1.02. The van der Waals surface area contributed by atoms with Crippen molar-refractivity contribution in [1.29, 1.82) is 0 Å². The fourth-order valence-corrected chi connectivity index (χ4v) is 1.35. The van der Waals surface area contributed by atoms with Gasteiger partial charge in [-0.2, -0.15) is 0 Å². The number of hydrogen-bond acceptors (Lipinski definition) is 5. The molecule has 0 rings (SSSR count). The maximum Gasteiger partial charge on any atom is 0.408 e. The number of carbonyl (C=O) groups excluding carboxylic acids is 3. The van der Waals surface area contributed by atoms with Gasteiger partial charge in [-0.3, -0.25) is 10.5 Å². The second kappa shape index (κ2) is 7.28. The molecule has 0 spiro atoms. The highest BCUT2D eigenvalue weighted by molar-refractivity contribution is 5.82. The minimum atomic E-state index is -1.02. The van der Waals surface area contributed by atoms with Gasteiger partial charge in [0, 0.05) is 6.42 Å². The fraction of sp³-hybridized carbons (Fsp3) is 0.786. The first kappa shape index (κ1) is 19.2. The molecule has 0 aromatic rings. The topological polar surface area (TPSA) is 105 Å². The molecule has 0 bridgehead atoms. The molecule has 7 nitrogen and oxygen atoms in total. The monoisotopic (exact) mass is 301 g/mol. The molecular weight excluding hydrogens is 276 g/mol. The third-order valence-corrected chi connectivity index (χ3v) is 2.04. The SMILES string of the molecule is CC(C)(C)OC(=O)NC(CCC([NH])=O)C(=O)OC(C)(C)C. The second-order valence-corrected chi connectivity index (χ2v) is 6.69. The van der Waals surface area contributed by atoms with Crippen molar-refractivity contribution in [2.45, 2.75) is 71.6 Å². The van der Waals surface area contributed by atoms with Crippen molar-refractivity contribution >= 4 is 18.0 Å². The van der Waals surface area contributed by atoms with Crippen LogP contribution in [0.25, 0.3) is 0 Å². The zero-order chi connectivity index (χ0) is 16.8. The Bertz CT molecular complexity index is 393. The number of nitrogens with one attached hydrogen (secondary N) is 2. The van der Waals surface area contributed by atoms with E-state index in [0.29, 0.717) is 0 Å². The van der Waals surface area contributed by atoms with Gasteiger partial charge in [0.15, 0.2) is 0 Å². The number of alkyl carbamates (subject to hydrolysis) is 1. The molecule has 0 saturated carbocycles. The number of esters is 1. The van der Waals surface area contributed by atoms with Crippen LogP contribution in [0.2, 0.25) is 0 Å². The molecule has 1 unspecified atom stereocenters. The maximum atomic E-state index is 12.0. The summed E-state index contributed by atoms with van der Waals surface area (Å²) in [5, 5.41) is 2.38. The summed E-state index contributed by atoms with van der Waals surface area (Å²) >= 11 is 0. The average molecular weight is 301 g/mol. The number of rotatable bonds is 5. The summed E-state index contributed by atoms with van der Waals surface area (Å²) in [5.41, 5.74) is 5.47. The van der Waals surface area contributed by atoms with Gasteiger partial charge >= 0.3 is 12.1 Å². The van der Waals surface area contributed by atoms with Gasteiger partial charge in [-0.1, -0.05) is 0 Å². The standard InChI is InChI=1S/C14H25N2O5/c1-13(2,3)20-11(18)9(7-8-10(15)17)16-12(19)21-14(4,5)6/h9,15H,7-8H2,1-6H3,(H,16,19). The molecule has 0 aromatic heterocycles. The van der Waals surface area contributed by atoms with E-state index in [4.69, 9.17) is 15.2 Å². The van der Waals surface area contributed by atoms with Gasteiger partial charge in [0.2, 0.25) is 5.91 Å². The summed E-state index contributed by atoms with van der Waals surface area (Å²) in [5.74, 6) is -1.47. The summed E-state index contributed by atoms with van der Waals surface area (Å²) < 4.78 is 10.2. The van der Waals surface area contributed by atoms with E-state index < -0.39 is 35.2 Å². The fourth-order valence-electron chi connectivity index (χ4n) is 1.35. The highest BCUT2D eigenvalue weighted by Crippen LogP contribution is 2.12. The van der Waals surface area contributed by atoms with Crippen molar-refractivity contribution in [2.24, 2.45) is 0 Å². The lowest BCUT2D eigenvalue weighted by molar-refractivity contribution is -0.157. The van der Waals surface area contributed by atoms with Gasteiger partial charge in [-0.15, -0.1) is 0 Å². The lowest BCUT2D eigenvalue weighted by Crippen LogP contribution is -2.46. The van der Waals surface area contributed by atoms with Crippen LogP contribution >= 0.6 is 0 Å². The summed E-state index contributed by atoms with van der Waals surface area (Å²) in [6.07, 6.45) is -0.924. The Balaban J connectivity index is 4.77. The van der Waals surface area contributed by atoms with E-state index in [2.05, 4.69) is 5.32 Å². The largest absolute Gasteiger partial charge is 0.458 e. The van der Waals surface area contributed by atoms with Crippen LogP contribution in [0.15, 0.2) is 0 Å².